The van der Waals surface area contributed by atoms with E-state index < -0.39 is 11.6 Å². The van der Waals surface area contributed by atoms with Gasteiger partial charge in [0.05, 0.1) is 5.69 Å². The van der Waals surface area contributed by atoms with Crippen LogP contribution in [0.4, 0.5) is 26.1 Å². The van der Waals surface area contributed by atoms with Crippen molar-refractivity contribution in [1.82, 2.24) is 14.8 Å². The molecule has 0 saturated carbocycles. The highest BCUT2D eigenvalue weighted by atomic mass is 19.2. The predicted molar refractivity (Wildman–Crippen MR) is 115 cm³/mol. The first-order chi connectivity index (χ1) is 14.5. The molecule has 0 spiro atoms. The molecule has 2 aromatic carbocycles. The molecule has 0 unspecified atom stereocenters. The number of halogens is 2. The Bertz CT molecular complexity index is 1020. The normalized spacial score (nSPS) is 14.9. The summed E-state index contributed by atoms with van der Waals surface area (Å²) in [4.78, 5) is 6.63. The monoisotopic (exact) mass is 415 g/mol. The van der Waals surface area contributed by atoms with Gasteiger partial charge in [0.2, 0.25) is 5.95 Å². The van der Waals surface area contributed by atoms with Crippen LogP contribution in [0.1, 0.15) is 19.8 Å². The maximum Gasteiger partial charge on any atom is 0.246 e. The lowest BCUT2D eigenvalue weighted by Crippen LogP contribution is -2.35. The number of piperidine rings is 1. The van der Waals surface area contributed by atoms with Gasteiger partial charge >= 0.3 is 0 Å². The minimum atomic E-state index is -0.921. The molecule has 4 rings (SSSR count). The van der Waals surface area contributed by atoms with Crippen molar-refractivity contribution in [2.24, 2.45) is 5.92 Å². The molecule has 2 heterocycles. The molecule has 30 heavy (non-hydrogen) atoms. The van der Waals surface area contributed by atoms with Crippen LogP contribution in [0, 0.1) is 24.5 Å². The number of aryl methyl sites for hydroxylation is 1. The highest BCUT2D eigenvalue weighted by molar-refractivity contribution is 5.64. The zero-order valence-electron chi connectivity index (χ0n) is 17.1. The summed E-state index contributed by atoms with van der Waals surface area (Å²) in [6.07, 6.45) is 3.70. The standard InChI is InChI=1S/C22H25F2N5O.H2/c1-15-9-17(11-19(10-15)28-7-5-16(6-8-28)13-30-2)26-22-25-14-29(27-22)18-3-4-20(23)21(24)12-18;/h3-4,9-12,14,16H,5-8,13H2,1-2H3,(H,26,27);1H. The second-order valence-corrected chi connectivity index (χ2v) is 7.68. The topological polar surface area (TPSA) is 55.2 Å². The Labute approximate surface area is 176 Å². The molecule has 8 heteroatoms. The fourth-order valence-electron chi connectivity index (χ4n) is 3.81. The Morgan fingerprint density at radius 3 is 2.63 bits per heavy atom. The van der Waals surface area contributed by atoms with E-state index in [1.807, 2.05) is 6.07 Å². The third kappa shape index (κ3) is 4.59. The van der Waals surface area contributed by atoms with Crippen molar-refractivity contribution in [3.8, 4) is 5.69 Å². The van der Waals surface area contributed by atoms with Crippen molar-refractivity contribution < 1.29 is 14.9 Å². The SMILES string of the molecule is COCC1CCN(c2cc(C)cc(Nc3ncn(-c4ccc(F)c(F)c4)n3)c2)CC1.[HH]. The lowest BCUT2D eigenvalue weighted by Gasteiger charge is -2.33. The van der Waals surface area contributed by atoms with Crippen molar-refractivity contribution in [1.29, 1.82) is 0 Å². The van der Waals surface area contributed by atoms with Gasteiger partial charge in [0.15, 0.2) is 11.6 Å². The van der Waals surface area contributed by atoms with Crippen LogP contribution in [0.2, 0.25) is 0 Å². The lowest BCUT2D eigenvalue weighted by molar-refractivity contribution is 0.139. The van der Waals surface area contributed by atoms with Crippen LogP contribution in [0.3, 0.4) is 0 Å². The number of nitrogens with zero attached hydrogens (tertiary/aromatic N) is 4. The van der Waals surface area contributed by atoms with Gasteiger partial charge < -0.3 is 15.0 Å². The van der Waals surface area contributed by atoms with Gasteiger partial charge in [-0.2, -0.15) is 4.98 Å². The van der Waals surface area contributed by atoms with Crippen LogP contribution in [-0.2, 0) is 4.74 Å². The van der Waals surface area contributed by atoms with E-state index in [1.54, 1.807) is 7.11 Å². The minimum Gasteiger partial charge on any atom is -0.384 e. The van der Waals surface area contributed by atoms with Gasteiger partial charge in [-0.3, -0.25) is 0 Å². The molecule has 0 bridgehead atoms. The van der Waals surface area contributed by atoms with E-state index in [9.17, 15) is 8.78 Å². The summed E-state index contributed by atoms with van der Waals surface area (Å²) < 4.78 is 33.3. The third-order valence-electron chi connectivity index (χ3n) is 5.36. The molecule has 160 valence electrons. The Hall–Kier alpha value is -3.00. The van der Waals surface area contributed by atoms with Crippen LogP contribution >= 0.6 is 0 Å². The average molecular weight is 415 g/mol. The highest BCUT2D eigenvalue weighted by Gasteiger charge is 2.20. The summed E-state index contributed by atoms with van der Waals surface area (Å²) in [7, 11) is 1.76. The Kier molecular flexibility index (Phi) is 5.94. The number of hydrogen-bond acceptors (Lipinski definition) is 5. The van der Waals surface area contributed by atoms with Crippen molar-refractivity contribution in [2.45, 2.75) is 19.8 Å². The average Bonchev–Trinajstić information content (AvgIpc) is 3.19. The Balaban J connectivity index is 0.00000272. The number of benzene rings is 2. The molecular formula is C22H27F2N5O. The second kappa shape index (κ2) is 8.79. The molecule has 1 N–H and O–H groups in total. The van der Waals surface area contributed by atoms with E-state index in [0.29, 0.717) is 17.6 Å². The van der Waals surface area contributed by atoms with E-state index in [1.165, 1.54) is 17.1 Å². The van der Waals surface area contributed by atoms with Gasteiger partial charge in [0, 0.05) is 45.7 Å². The number of nitrogens with one attached hydrogen (secondary N) is 1. The molecule has 1 aliphatic rings. The highest BCUT2D eigenvalue weighted by Crippen LogP contribution is 2.28. The summed E-state index contributed by atoms with van der Waals surface area (Å²) >= 11 is 0. The quantitative estimate of drug-likeness (QED) is 0.632. The maximum absolute atomic E-state index is 13.5. The van der Waals surface area contributed by atoms with Crippen molar-refractivity contribution in [3.63, 3.8) is 0 Å². The molecule has 1 fully saturated rings. The minimum absolute atomic E-state index is 0. The van der Waals surface area contributed by atoms with E-state index in [4.69, 9.17) is 4.74 Å². The molecule has 1 aromatic heterocycles. The van der Waals surface area contributed by atoms with Gasteiger partial charge in [-0.1, -0.05) is 0 Å². The van der Waals surface area contributed by atoms with Crippen molar-refractivity contribution in [3.05, 3.63) is 59.9 Å². The summed E-state index contributed by atoms with van der Waals surface area (Å²) in [5.41, 5.74) is 3.58. The number of hydrogen-bond donors (Lipinski definition) is 1. The molecule has 1 saturated heterocycles. The fraction of sp³-hybridized carbons (Fsp3) is 0.364. The zero-order valence-corrected chi connectivity index (χ0v) is 17.1. The molecule has 0 atom stereocenters. The van der Waals surface area contributed by atoms with Crippen LogP contribution in [0.15, 0.2) is 42.7 Å². The molecular weight excluding hydrogens is 388 g/mol. The Morgan fingerprint density at radius 1 is 1.10 bits per heavy atom. The Morgan fingerprint density at radius 2 is 1.90 bits per heavy atom. The van der Waals surface area contributed by atoms with E-state index in [0.717, 1.165) is 61.6 Å². The first kappa shape index (κ1) is 20.3. The number of anilines is 3. The molecule has 0 radical (unpaired) electrons. The van der Waals surface area contributed by atoms with E-state index in [2.05, 4.69) is 39.4 Å². The van der Waals surface area contributed by atoms with Gasteiger partial charge in [0.25, 0.3) is 0 Å². The molecule has 6 nitrogen and oxygen atoms in total. The number of aromatic nitrogens is 3. The van der Waals surface area contributed by atoms with Gasteiger partial charge in [-0.15, -0.1) is 5.10 Å². The predicted octanol–water partition coefficient (Wildman–Crippen LogP) is 4.71. The lowest BCUT2D eigenvalue weighted by atomic mass is 9.97. The van der Waals surface area contributed by atoms with Gasteiger partial charge in [0.1, 0.15) is 6.33 Å². The fourth-order valence-corrected chi connectivity index (χ4v) is 3.81. The summed E-state index contributed by atoms with van der Waals surface area (Å²) in [6.45, 7) is 4.88. The van der Waals surface area contributed by atoms with Gasteiger partial charge in [-0.05, 0) is 61.6 Å². The van der Waals surface area contributed by atoms with E-state index >= 15 is 0 Å². The van der Waals surface area contributed by atoms with Crippen LogP contribution in [0.25, 0.3) is 5.69 Å². The summed E-state index contributed by atoms with van der Waals surface area (Å²) in [5.74, 6) is -0.806. The number of methoxy groups -OCH3 is 1. The molecule has 1 aliphatic heterocycles. The van der Waals surface area contributed by atoms with Crippen LogP contribution in [-0.4, -0.2) is 41.6 Å². The zero-order chi connectivity index (χ0) is 21.1. The molecule has 3 aromatic rings. The van der Waals surface area contributed by atoms with Gasteiger partial charge in [-0.25, -0.2) is 13.5 Å². The van der Waals surface area contributed by atoms with Crippen molar-refractivity contribution >= 4 is 17.3 Å². The van der Waals surface area contributed by atoms with E-state index in [-0.39, 0.29) is 1.43 Å². The third-order valence-corrected chi connectivity index (χ3v) is 5.36. The molecule has 0 aliphatic carbocycles. The summed E-state index contributed by atoms with van der Waals surface area (Å²) in [6, 6.07) is 9.90. The van der Waals surface area contributed by atoms with Crippen LogP contribution < -0.4 is 10.2 Å². The van der Waals surface area contributed by atoms with Crippen molar-refractivity contribution in [2.75, 3.05) is 37.0 Å². The smallest absolute Gasteiger partial charge is 0.246 e. The summed E-state index contributed by atoms with van der Waals surface area (Å²) in [5, 5.41) is 7.54. The number of rotatable bonds is 6. The largest absolute Gasteiger partial charge is 0.384 e. The number of ether oxygens (including phenoxy) is 1. The maximum atomic E-state index is 13.5. The molecule has 0 amide bonds. The first-order valence-electron chi connectivity index (χ1n) is 10.0. The second-order valence-electron chi connectivity index (χ2n) is 7.68. The first-order valence-corrected chi connectivity index (χ1v) is 10.0. The van der Waals surface area contributed by atoms with Crippen LogP contribution in [0.5, 0.6) is 0 Å².